The Balaban J connectivity index is 1.80. The molecular weight excluding hydrogens is 254 g/mol. The third-order valence-electron chi connectivity index (χ3n) is 3.15. The molecule has 0 bridgehead atoms. The molecule has 0 radical (unpaired) electrons. The molecule has 0 unspecified atom stereocenters. The minimum absolute atomic E-state index is 0.169. The lowest BCUT2D eigenvalue weighted by Crippen LogP contribution is -2.01. The highest BCUT2D eigenvalue weighted by molar-refractivity contribution is 5.81. The highest BCUT2D eigenvalue weighted by Crippen LogP contribution is 2.19. The van der Waals surface area contributed by atoms with E-state index in [0.717, 1.165) is 28.1 Å². The van der Waals surface area contributed by atoms with Crippen molar-refractivity contribution in [1.29, 1.82) is 0 Å². The third kappa shape index (κ3) is 2.27. The Bertz CT molecular complexity index is 748. The van der Waals surface area contributed by atoms with Crippen LogP contribution in [0, 0.1) is 6.92 Å². The van der Waals surface area contributed by atoms with Crippen LogP contribution in [0.3, 0.4) is 0 Å². The number of pyridine rings is 2. The summed E-state index contributed by atoms with van der Waals surface area (Å²) in [5.41, 5.74) is 3.60. The molecule has 0 aliphatic heterocycles. The van der Waals surface area contributed by atoms with Crippen LogP contribution in [0.2, 0.25) is 0 Å². The largest absolute Gasteiger partial charge is 0.506 e. The molecule has 0 aliphatic rings. The van der Waals surface area contributed by atoms with Gasteiger partial charge in [-0.3, -0.25) is 9.67 Å². The SMILES string of the molecule is Cc1nn(C)c2ncc(NCc3ccc(O)cn3)cc12. The standard InChI is InChI=1S/C14H15N5O/c1-9-13-5-11(7-17-14(13)19(2)18-9)15-6-10-3-4-12(20)8-16-10/h3-5,7-8,15,20H,6H2,1-2H3. The van der Waals surface area contributed by atoms with Gasteiger partial charge in [-0.05, 0) is 25.1 Å². The molecule has 0 aromatic carbocycles. The maximum atomic E-state index is 9.19. The van der Waals surface area contributed by atoms with Crippen molar-refractivity contribution in [2.24, 2.45) is 7.05 Å². The summed E-state index contributed by atoms with van der Waals surface area (Å²) in [5, 5.41) is 17.8. The molecule has 6 nitrogen and oxygen atoms in total. The van der Waals surface area contributed by atoms with E-state index in [1.165, 1.54) is 6.20 Å². The van der Waals surface area contributed by atoms with Gasteiger partial charge >= 0.3 is 0 Å². The van der Waals surface area contributed by atoms with E-state index in [2.05, 4.69) is 20.4 Å². The summed E-state index contributed by atoms with van der Waals surface area (Å²) in [7, 11) is 1.88. The lowest BCUT2D eigenvalue weighted by molar-refractivity contribution is 0.472. The lowest BCUT2D eigenvalue weighted by Gasteiger charge is -2.06. The Labute approximate surface area is 116 Å². The van der Waals surface area contributed by atoms with Crippen molar-refractivity contribution in [3.63, 3.8) is 0 Å². The summed E-state index contributed by atoms with van der Waals surface area (Å²) in [6.07, 6.45) is 3.22. The van der Waals surface area contributed by atoms with Gasteiger partial charge in [-0.15, -0.1) is 0 Å². The fourth-order valence-corrected chi connectivity index (χ4v) is 2.12. The fraction of sp³-hybridized carbons (Fsp3) is 0.214. The summed E-state index contributed by atoms with van der Waals surface area (Å²) in [6.45, 7) is 2.54. The number of nitrogens with one attached hydrogen (secondary N) is 1. The number of aromatic nitrogens is 4. The van der Waals surface area contributed by atoms with Gasteiger partial charge in [-0.25, -0.2) is 4.98 Å². The molecule has 20 heavy (non-hydrogen) atoms. The zero-order chi connectivity index (χ0) is 14.1. The second kappa shape index (κ2) is 4.80. The zero-order valence-corrected chi connectivity index (χ0v) is 11.3. The predicted octanol–water partition coefficient (Wildman–Crippen LogP) is 1.99. The van der Waals surface area contributed by atoms with Crippen LogP contribution in [0.15, 0.2) is 30.6 Å². The van der Waals surface area contributed by atoms with E-state index in [1.807, 2.05) is 20.0 Å². The minimum atomic E-state index is 0.169. The quantitative estimate of drug-likeness (QED) is 0.760. The number of anilines is 1. The molecule has 3 aromatic rings. The summed E-state index contributed by atoms with van der Waals surface area (Å²) in [5.74, 6) is 0.169. The Kier molecular flexibility index (Phi) is 2.98. The summed E-state index contributed by atoms with van der Waals surface area (Å²) >= 11 is 0. The van der Waals surface area contributed by atoms with E-state index in [1.54, 1.807) is 23.0 Å². The van der Waals surface area contributed by atoms with E-state index in [9.17, 15) is 5.11 Å². The Morgan fingerprint density at radius 1 is 1.25 bits per heavy atom. The second-order valence-electron chi connectivity index (χ2n) is 4.67. The van der Waals surface area contributed by atoms with Gasteiger partial charge in [0.05, 0.1) is 36.0 Å². The van der Waals surface area contributed by atoms with Crippen LogP contribution in [0.25, 0.3) is 11.0 Å². The van der Waals surface area contributed by atoms with Crippen LogP contribution in [-0.4, -0.2) is 24.9 Å². The van der Waals surface area contributed by atoms with E-state index in [-0.39, 0.29) is 5.75 Å². The first-order valence-electron chi connectivity index (χ1n) is 6.30. The first-order chi connectivity index (χ1) is 9.63. The first kappa shape index (κ1) is 12.4. The van der Waals surface area contributed by atoms with Crippen LogP contribution in [0.1, 0.15) is 11.4 Å². The molecule has 0 amide bonds. The number of aromatic hydroxyl groups is 1. The smallest absolute Gasteiger partial charge is 0.157 e. The van der Waals surface area contributed by atoms with Crippen LogP contribution in [0.5, 0.6) is 5.75 Å². The van der Waals surface area contributed by atoms with Crippen LogP contribution >= 0.6 is 0 Å². The molecule has 3 rings (SSSR count). The maximum Gasteiger partial charge on any atom is 0.157 e. The third-order valence-corrected chi connectivity index (χ3v) is 3.15. The number of aryl methyl sites for hydroxylation is 2. The maximum absolute atomic E-state index is 9.19. The number of hydrogen-bond acceptors (Lipinski definition) is 5. The van der Waals surface area contributed by atoms with E-state index < -0.39 is 0 Å². The molecule has 3 aromatic heterocycles. The molecular formula is C14H15N5O. The van der Waals surface area contributed by atoms with Crippen molar-refractivity contribution in [2.45, 2.75) is 13.5 Å². The first-order valence-corrected chi connectivity index (χ1v) is 6.30. The van der Waals surface area contributed by atoms with Crippen molar-refractivity contribution in [1.82, 2.24) is 19.7 Å². The monoisotopic (exact) mass is 269 g/mol. The summed E-state index contributed by atoms with van der Waals surface area (Å²) in [6, 6.07) is 5.44. The number of fused-ring (bicyclic) bond motifs is 1. The molecule has 2 N–H and O–H groups in total. The van der Waals surface area contributed by atoms with Crippen LogP contribution in [0.4, 0.5) is 5.69 Å². The summed E-state index contributed by atoms with van der Waals surface area (Å²) < 4.78 is 1.77. The Hall–Kier alpha value is -2.63. The molecule has 3 heterocycles. The van der Waals surface area contributed by atoms with Gasteiger partial charge in [0, 0.05) is 12.4 Å². The highest BCUT2D eigenvalue weighted by atomic mass is 16.3. The fourth-order valence-electron chi connectivity index (χ4n) is 2.12. The van der Waals surface area contributed by atoms with E-state index >= 15 is 0 Å². The average Bonchev–Trinajstić information content (AvgIpc) is 2.73. The molecule has 0 saturated carbocycles. The molecule has 0 spiro atoms. The molecule has 0 aliphatic carbocycles. The minimum Gasteiger partial charge on any atom is -0.506 e. The van der Waals surface area contributed by atoms with E-state index in [0.29, 0.717) is 6.54 Å². The van der Waals surface area contributed by atoms with Gasteiger partial charge in [-0.1, -0.05) is 0 Å². The van der Waals surface area contributed by atoms with Crippen LogP contribution < -0.4 is 5.32 Å². The van der Waals surface area contributed by atoms with Crippen molar-refractivity contribution >= 4 is 16.7 Å². The molecule has 0 saturated heterocycles. The van der Waals surface area contributed by atoms with Crippen molar-refractivity contribution < 1.29 is 5.11 Å². The van der Waals surface area contributed by atoms with Gasteiger partial charge in [-0.2, -0.15) is 5.10 Å². The van der Waals surface area contributed by atoms with Gasteiger partial charge in [0.25, 0.3) is 0 Å². The second-order valence-corrected chi connectivity index (χ2v) is 4.67. The van der Waals surface area contributed by atoms with Gasteiger partial charge in [0.2, 0.25) is 0 Å². The Morgan fingerprint density at radius 2 is 2.10 bits per heavy atom. The summed E-state index contributed by atoms with van der Waals surface area (Å²) in [4.78, 5) is 8.53. The molecule has 0 atom stereocenters. The Morgan fingerprint density at radius 3 is 2.85 bits per heavy atom. The number of hydrogen-bond donors (Lipinski definition) is 2. The highest BCUT2D eigenvalue weighted by Gasteiger charge is 2.06. The topological polar surface area (TPSA) is 75.9 Å². The zero-order valence-electron chi connectivity index (χ0n) is 11.3. The lowest BCUT2D eigenvalue weighted by atomic mass is 10.2. The average molecular weight is 269 g/mol. The molecule has 102 valence electrons. The van der Waals surface area contributed by atoms with Crippen LogP contribution in [-0.2, 0) is 13.6 Å². The van der Waals surface area contributed by atoms with Crippen molar-refractivity contribution in [2.75, 3.05) is 5.32 Å². The van der Waals surface area contributed by atoms with Gasteiger partial charge in [0.1, 0.15) is 5.75 Å². The molecule has 0 fully saturated rings. The van der Waals surface area contributed by atoms with Gasteiger partial charge < -0.3 is 10.4 Å². The number of rotatable bonds is 3. The van der Waals surface area contributed by atoms with Gasteiger partial charge in [0.15, 0.2) is 5.65 Å². The number of nitrogens with zero attached hydrogens (tertiary/aromatic N) is 4. The van der Waals surface area contributed by atoms with Crippen molar-refractivity contribution in [3.05, 3.63) is 42.0 Å². The molecule has 6 heteroatoms. The normalized spacial score (nSPS) is 10.9. The predicted molar refractivity (Wildman–Crippen MR) is 76.5 cm³/mol. The van der Waals surface area contributed by atoms with E-state index in [4.69, 9.17) is 0 Å². The van der Waals surface area contributed by atoms with Crippen molar-refractivity contribution in [3.8, 4) is 5.75 Å².